The summed E-state index contributed by atoms with van der Waals surface area (Å²) in [6, 6.07) is 1.93. The minimum absolute atomic E-state index is 0. The van der Waals surface area contributed by atoms with E-state index >= 15 is 0 Å². The largest absolute Gasteiger partial charge is 0.504 e. The normalized spacial score (nSPS) is 10.8. The molecule has 126 valence electrons. The summed E-state index contributed by atoms with van der Waals surface area (Å²) >= 11 is 0. The van der Waals surface area contributed by atoms with E-state index in [1.54, 1.807) is 0 Å². The molecule has 0 amide bonds. The first-order valence-electron chi connectivity index (χ1n) is 6.02. The van der Waals surface area contributed by atoms with Crippen LogP contribution >= 0.6 is 0 Å². The van der Waals surface area contributed by atoms with E-state index in [0.29, 0.717) is 0 Å². The maximum atomic E-state index is 12.0. The fourth-order valence-electron chi connectivity index (χ4n) is 2.58. The molecule has 0 radical (unpaired) electrons. The number of phenols is 4. The third kappa shape index (κ3) is 1.77. The van der Waals surface area contributed by atoms with Crippen molar-refractivity contribution in [1.82, 2.24) is 0 Å². The van der Waals surface area contributed by atoms with Crippen molar-refractivity contribution >= 4 is 32.7 Å². The third-order valence-electron chi connectivity index (χ3n) is 3.55. The van der Waals surface area contributed by atoms with E-state index in [0.717, 1.165) is 12.1 Å². The lowest BCUT2D eigenvalue weighted by Crippen LogP contribution is -2.06. The van der Waals surface area contributed by atoms with Gasteiger partial charge in [0, 0.05) is 10.8 Å². The number of hydrogen-bond donors (Lipinski definition) is 4. The van der Waals surface area contributed by atoms with Gasteiger partial charge in [-0.15, -0.1) is 0 Å². The SMILES string of the molecule is O.O.O=c1oc2c(O)c(O)cc3c(=O)oc4c(O)c(O)cc1c4c23. The van der Waals surface area contributed by atoms with Gasteiger partial charge in [0.15, 0.2) is 22.7 Å². The van der Waals surface area contributed by atoms with Crippen molar-refractivity contribution in [1.29, 1.82) is 0 Å². The van der Waals surface area contributed by atoms with Crippen molar-refractivity contribution in [2.75, 3.05) is 0 Å². The van der Waals surface area contributed by atoms with Gasteiger partial charge in [-0.2, -0.15) is 0 Å². The molecule has 4 rings (SSSR count). The minimum atomic E-state index is -0.941. The molecule has 2 aromatic carbocycles. The highest BCUT2D eigenvalue weighted by molar-refractivity contribution is 6.22. The lowest BCUT2D eigenvalue weighted by atomic mass is 10.0. The molecule has 8 N–H and O–H groups in total. The summed E-state index contributed by atoms with van der Waals surface area (Å²) in [5, 5.41) is 38.7. The molecule has 0 aliphatic rings. The molecule has 0 atom stereocenters. The summed E-state index contributed by atoms with van der Waals surface area (Å²) in [4.78, 5) is 24.0. The van der Waals surface area contributed by atoms with E-state index in [2.05, 4.69) is 0 Å². The van der Waals surface area contributed by atoms with Gasteiger partial charge in [0.1, 0.15) is 0 Å². The zero-order valence-electron chi connectivity index (χ0n) is 11.6. The Morgan fingerprint density at radius 1 is 0.667 bits per heavy atom. The van der Waals surface area contributed by atoms with Crippen molar-refractivity contribution in [3.05, 3.63) is 33.0 Å². The summed E-state index contributed by atoms with van der Waals surface area (Å²) in [7, 11) is 0. The van der Waals surface area contributed by atoms with E-state index in [1.165, 1.54) is 0 Å². The van der Waals surface area contributed by atoms with Crippen LogP contribution in [0.5, 0.6) is 23.0 Å². The van der Waals surface area contributed by atoms with Crippen LogP contribution in [-0.2, 0) is 0 Å². The smallest absolute Gasteiger partial charge is 0.344 e. The molecule has 0 fully saturated rings. The summed E-state index contributed by atoms with van der Waals surface area (Å²) < 4.78 is 9.87. The predicted molar refractivity (Wildman–Crippen MR) is 81.1 cm³/mol. The minimum Gasteiger partial charge on any atom is -0.504 e. The number of aromatic hydroxyl groups is 4. The van der Waals surface area contributed by atoms with Gasteiger partial charge in [0.25, 0.3) is 0 Å². The van der Waals surface area contributed by atoms with Crippen molar-refractivity contribution in [3.8, 4) is 23.0 Å². The Labute approximate surface area is 130 Å². The molecule has 0 saturated heterocycles. The molecular formula is C14H10O10. The van der Waals surface area contributed by atoms with Crippen LogP contribution in [0.2, 0.25) is 0 Å². The van der Waals surface area contributed by atoms with Crippen LogP contribution in [0.1, 0.15) is 0 Å². The fraction of sp³-hybridized carbons (Fsp3) is 0. The molecule has 0 unspecified atom stereocenters. The Balaban J connectivity index is 0.00000104. The Hall–Kier alpha value is -3.50. The highest BCUT2D eigenvalue weighted by atomic mass is 16.4. The van der Waals surface area contributed by atoms with Gasteiger partial charge in [0.05, 0.1) is 10.8 Å². The van der Waals surface area contributed by atoms with Gasteiger partial charge in [-0.25, -0.2) is 9.59 Å². The molecule has 4 aromatic rings. The number of rotatable bonds is 0. The van der Waals surface area contributed by atoms with Gasteiger partial charge in [0.2, 0.25) is 11.5 Å². The number of hydrogen-bond acceptors (Lipinski definition) is 8. The van der Waals surface area contributed by atoms with Gasteiger partial charge in [-0.3, -0.25) is 0 Å². The molecule has 10 heteroatoms. The summed E-state index contributed by atoms with van der Waals surface area (Å²) in [5.74, 6) is -2.75. The molecule has 0 aliphatic heterocycles. The summed E-state index contributed by atoms with van der Waals surface area (Å²) in [6.45, 7) is 0. The van der Waals surface area contributed by atoms with Crippen molar-refractivity contribution in [3.63, 3.8) is 0 Å². The van der Waals surface area contributed by atoms with Gasteiger partial charge in [-0.05, 0) is 12.1 Å². The van der Waals surface area contributed by atoms with E-state index in [1.807, 2.05) is 0 Å². The zero-order valence-corrected chi connectivity index (χ0v) is 11.6. The van der Waals surface area contributed by atoms with E-state index in [-0.39, 0.29) is 32.5 Å². The monoisotopic (exact) mass is 338 g/mol. The average molecular weight is 338 g/mol. The first-order chi connectivity index (χ1) is 10.4. The average Bonchev–Trinajstić information content (AvgIpc) is 2.47. The molecular weight excluding hydrogens is 328 g/mol. The predicted octanol–water partition coefficient (Wildman–Crippen LogP) is -0.337. The van der Waals surface area contributed by atoms with Crippen molar-refractivity contribution in [2.45, 2.75) is 0 Å². The van der Waals surface area contributed by atoms with Crippen LogP contribution in [0.4, 0.5) is 0 Å². The molecule has 24 heavy (non-hydrogen) atoms. The topological polar surface area (TPSA) is 204 Å². The second-order valence-corrected chi connectivity index (χ2v) is 4.77. The van der Waals surface area contributed by atoms with Crippen molar-refractivity contribution < 1.29 is 40.2 Å². The van der Waals surface area contributed by atoms with Crippen LogP contribution in [0, 0.1) is 0 Å². The number of phenolic OH excluding ortho intramolecular Hbond substituents is 4. The maximum absolute atomic E-state index is 12.0. The third-order valence-corrected chi connectivity index (χ3v) is 3.55. The lowest BCUT2D eigenvalue weighted by molar-refractivity contribution is 0.395. The van der Waals surface area contributed by atoms with Gasteiger partial charge >= 0.3 is 11.3 Å². The lowest BCUT2D eigenvalue weighted by Gasteiger charge is -2.10. The Morgan fingerprint density at radius 3 is 1.33 bits per heavy atom. The van der Waals surface area contributed by atoms with Crippen LogP contribution < -0.4 is 11.3 Å². The maximum Gasteiger partial charge on any atom is 0.344 e. The standard InChI is InChI=1S/C14H6O8.2H2O/c15-5-1-3-7-8-4(14(20)22-11(7)9(5)17)2-6(16)10(18)12(8)21-13(3)19;;/h1-2,15-18H;2*1H2. The molecule has 10 nitrogen and oxygen atoms in total. The first kappa shape index (κ1) is 16.9. The van der Waals surface area contributed by atoms with Crippen LogP contribution in [0.25, 0.3) is 32.7 Å². The summed E-state index contributed by atoms with van der Waals surface area (Å²) in [6.07, 6.45) is 0. The first-order valence-corrected chi connectivity index (χ1v) is 6.02. The quantitative estimate of drug-likeness (QED) is 0.189. The van der Waals surface area contributed by atoms with Crippen LogP contribution in [0.15, 0.2) is 30.6 Å². The van der Waals surface area contributed by atoms with E-state index < -0.39 is 45.4 Å². The highest BCUT2D eigenvalue weighted by Crippen LogP contribution is 2.44. The van der Waals surface area contributed by atoms with Crippen LogP contribution in [-0.4, -0.2) is 31.4 Å². The second-order valence-electron chi connectivity index (χ2n) is 4.77. The molecule has 0 saturated carbocycles. The van der Waals surface area contributed by atoms with E-state index in [9.17, 15) is 30.0 Å². The van der Waals surface area contributed by atoms with Crippen molar-refractivity contribution in [2.24, 2.45) is 0 Å². The van der Waals surface area contributed by atoms with Gasteiger partial charge in [-0.1, -0.05) is 0 Å². The Kier molecular flexibility index (Phi) is 3.52. The second kappa shape index (κ2) is 5.01. The molecule has 0 aliphatic carbocycles. The Morgan fingerprint density at radius 2 is 1.00 bits per heavy atom. The zero-order chi connectivity index (χ0) is 15.8. The fourth-order valence-corrected chi connectivity index (χ4v) is 2.58. The highest BCUT2D eigenvalue weighted by Gasteiger charge is 2.24. The molecule has 0 spiro atoms. The van der Waals surface area contributed by atoms with E-state index in [4.69, 9.17) is 8.83 Å². The van der Waals surface area contributed by atoms with Crippen LogP contribution in [0.3, 0.4) is 0 Å². The Bertz CT molecular complexity index is 1100. The number of benzene rings is 2. The molecule has 0 bridgehead atoms. The van der Waals surface area contributed by atoms with Gasteiger partial charge < -0.3 is 40.2 Å². The summed E-state index contributed by atoms with van der Waals surface area (Å²) in [5.41, 5.74) is -2.70. The molecule has 2 heterocycles. The molecule has 2 aromatic heterocycles.